The molecule has 1 aliphatic rings. The Bertz CT molecular complexity index is 806. The van der Waals surface area contributed by atoms with Crippen molar-refractivity contribution >= 4 is 35.0 Å². The number of aryl methyl sites for hydroxylation is 2. The van der Waals surface area contributed by atoms with Crippen molar-refractivity contribution in [3.05, 3.63) is 68.7 Å². The zero-order chi connectivity index (χ0) is 17.1. The molecular formula is C18H16Cl2N2O2. The Balaban J connectivity index is 1.67. The van der Waals surface area contributed by atoms with E-state index in [1.807, 2.05) is 12.1 Å². The van der Waals surface area contributed by atoms with Crippen LogP contribution in [0.1, 0.15) is 44.7 Å². The number of halogens is 2. The van der Waals surface area contributed by atoms with E-state index in [-0.39, 0.29) is 16.5 Å². The molecule has 0 unspecified atom stereocenters. The molecule has 2 amide bonds. The van der Waals surface area contributed by atoms with Gasteiger partial charge < -0.3 is 0 Å². The smallest absolute Gasteiger partial charge is 0.267 e. The lowest BCUT2D eigenvalue weighted by molar-refractivity contribution is 0.0846. The van der Waals surface area contributed by atoms with E-state index in [2.05, 4.69) is 10.9 Å². The summed E-state index contributed by atoms with van der Waals surface area (Å²) in [7, 11) is 0. The molecule has 3 rings (SSSR count). The minimum atomic E-state index is -0.520. The molecule has 0 aliphatic heterocycles. The number of hydrogen-bond donors (Lipinski definition) is 2. The molecule has 0 saturated carbocycles. The normalized spacial score (nSPS) is 13.1. The van der Waals surface area contributed by atoms with Crippen molar-refractivity contribution in [1.82, 2.24) is 10.9 Å². The van der Waals surface area contributed by atoms with E-state index < -0.39 is 5.91 Å². The molecule has 0 atom stereocenters. The van der Waals surface area contributed by atoms with Crippen molar-refractivity contribution in [3.8, 4) is 0 Å². The van der Waals surface area contributed by atoms with Gasteiger partial charge in [-0.15, -0.1) is 0 Å². The highest BCUT2D eigenvalue weighted by Gasteiger charge is 2.15. The standard InChI is InChI=1S/C18H16Cl2N2O2/c19-14-7-8-16(20)15(10-14)18(24)22-21-17(23)13-6-5-11-3-1-2-4-12(11)9-13/h5-10H,1-4H2,(H,21,23)(H,22,24). The zero-order valence-electron chi connectivity index (χ0n) is 12.9. The molecule has 6 heteroatoms. The minimum Gasteiger partial charge on any atom is -0.267 e. The van der Waals surface area contributed by atoms with Crippen molar-refractivity contribution in [2.24, 2.45) is 0 Å². The summed E-state index contributed by atoms with van der Waals surface area (Å²) < 4.78 is 0. The number of rotatable bonds is 2. The van der Waals surface area contributed by atoms with E-state index in [1.165, 1.54) is 29.7 Å². The van der Waals surface area contributed by atoms with Crippen molar-refractivity contribution in [1.29, 1.82) is 0 Å². The summed E-state index contributed by atoms with van der Waals surface area (Å²) in [5, 5.41) is 0.658. The average molecular weight is 363 g/mol. The van der Waals surface area contributed by atoms with Gasteiger partial charge in [-0.3, -0.25) is 20.4 Å². The Morgan fingerprint density at radius 3 is 2.33 bits per heavy atom. The van der Waals surface area contributed by atoms with E-state index in [9.17, 15) is 9.59 Å². The molecule has 24 heavy (non-hydrogen) atoms. The molecule has 0 aromatic heterocycles. The summed E-state index contributed by atoms with van der Waals surface area (Å²) in [6, 6.07) is 10.2. The molecule has 0 radical (unpaired) electrons. The van der Waals surface area contributed by atoms with Gasteiger partial charge in [0.1, 0.15) is 0 Å². The minimum absolute atomic E-state index is 0.204. The van der Waals surface area contributed by atoms with Crippen LogP contribution >= 0.6 is 23.2 Å². The number of carbonyl (C=O) groups is 2. The summed E-state index contributed by atoms with van der Waals surface area (Å²) in [6.45, 7) is 0. The second-order valence-corrected chi connectivity index (χ2v) is 6.57. The van der Waals surface area contributed by atoms with Gasteiger partial charge >= 0.3 is 0 Å². The van der Waals surface area contributed by atoms with Gasteiger partial charge in [0.05, 0.1) is 10.6 Å². The number of hydrazine groups is 1. The molecule has 124 valence electrons. The van der Waals surface area contributed by atoms with Crippen LogP contribution in [0, 0.1) is 0 Å². The first-order valence-electron chi connectivity index (χ1n) is 7.72. The highest BCUT2D eigenvalue weighted by atomic mass is 35.5. The van der Waals surface area contributed by atoms with Gasteiger partial charge in [-0.05, 0) is 67.1 Å². The van der Waals surface area contributed by atoms with E-state index in [0.29, 0.717) is 10.6 Å². The SMILES string of the molecule is O=C(NNC(=O)c1cc(Cl)ccc1Cl)c1ccc2c(c1)CCCC2. The maximum atomic E-state index is 12.2. The summed E-state index contributed by atoms with van der Waals surface area (Å²) in [5.74, 6) is -0.885. The van der Waals surface area contributed by atoms with Crippen LogP contribution in [0.5, 0.6) is 0 Å². The van der Waals surface area contributed by atoms with E-state index >= 15 is 0 Å². The van der Waals surface area contributed by atoms with Crippen LogP contribution in [-0.4, -0.2) is 11.8 Å². The Hall–Kier alpha value is -2.04. The Morgan fingerprint density at radius 1 is 0.833 bits per heavy atom. The lowest BCUT2D eigenvalue weighted by Crippen LogP contribution is -2.41. The first kappa shape index (κ1) is 16.8. The van der Waals surface area contributed by atoms with Crippen LogP contribution in [0.15, 0.2) is 36.4 Å². The molecule has 0 heterocycles. The van der Waals surface area contributed by atoms with Crippen molar-refractivity contribution in [3.63, 3.8) is 0 Å². The first-order valence-corrected chi connectivity index (χ1v) is 8.48. The van der Waals surface area contributed by atoms with Gasteiger partial charge in [0.25, 0.3) is 11.8 Å². The molecule has 0 fully saturated rings. The molecular weight excluding hydrogens is 347 g/mol. The van der Waals surface area contributed by atoms with Gasteiger partial charge in [-0.1, -0.05) is 29.3 Å². The fourth-order valence-corrected chi connectivity index (χ4v) is 3.17. The van der Waals surface area contributed by atoms with E-state index in [0.717, 1.165) is 19.3 Å². The highest BCUT2D eigenvalue weighted by Crippen LogP contribution is 2.22. The molecule has 0 bridgehead atoms. The van der Waals surface area contributed by atoms with Gasteiger partial charge in [0, 0.05) is 10.6 Å². The van der Waals surface area contributed by atoms with Crippen molar-refractivity contribution in [2.75, 3.05) is 0 Å². The molecule has 0 spiro atoms. The third-order valence-electron chi connectivity index (χ3n) is 4.07. The predicted molar refractivity (Wildman–Crippen MR) is 94.5 cm³/mol. The van der Waals surface area contributed by atoms with Crippen LogP contribution in [0.25, 0.3) is 0 Å². The Kier molecular flexibility index (Phi) is 5.07. The molecule has 2 aromatic rings. The fraction of sp³-hybridized carbons (Fsp3) is 0.222. The number of nitrogens with one attached hydrogen (secondary N) is 2. The maximum absolute atomic E-state index is 12.2. The quantitative estimate of drug-likeness (QED) is 0.794. The lowest BCUT2D eigenvalue weighted by Gasteiger charge is -2.16. The van der Waals surface area contributed by atoms with Crippen LogP contribution in [0.4, 0.5) is 0 Å². The topological polar surface area (TPSA) is 58.2 Å². The van der Waals surface area contributed by atoms with Gasteiger partial charge in [-0.2, -0.15) is 0 Å². The Morgan fingerprint density at radius 2 is 1.54 bits per heavy atom. The van der Waals surface area contributed by atoms with Crippen molar-refractivity contribution in [2.45, 2.75) is 25.7 Å². The highest BCUT2D eigenvalue weighted by molar-refractivity contribution is 6.35. The largest absolute Gasteiger partial charge is 0.271 e. The molecule has 4 nitrogen and oxygen atoms in total. The van der Waals surface area contributed by atoms with E-state index in [1.54, 1.807) is 12.1 Å². The van der Waals surface area contributed by atoms with Crippen LogP contribution in [-0.2, 0) is 12.8 Å². The third-order valence-corrected chi connectivity index (χ3v) is 4.64. The molecule has 1 aliphatic carbocycles. The van der Waals surface area contributed by atoms with Gasteiger partial charge in [0.2, 0.25) is 0 Å². The zero-order valence-corrected chi connectivity index (χ0v) is 14.4. The first-order chi connectivity index (χ1) is 11.5. The third kappa shape index (κ3) is 3.71. The summed E-state index contributed by atoms with van der Waals surface area (Å²) >= 11 is 11.8. The Labute approximate surface area is 150 Å². The van der Waals surface area contributed by atoms with Gasteiger partial charge in [-0.25, -0.2) is 0 Å². The summed E-state index contributed by atoms with van der Waals surface area (Å²) in [4.78, 5) is 24.4. The number of fused-ring (bicyclic) bond motifs is 1. The van der Waals surface area contributed by atoms with E-state index in [4.69, 9.17) is 23.2 Å². The molecule has 2 aromatic carbocycles. The predicted octanol–water partition coefficient (Wildman–Crippen LogP) is 3.95. The number of carbonyl (C=O) groups excluding carboxylic acids is 2. The fourth-order valence-electron chi connectivity index (χ4n) is 2.80. The molecule has 0 saturated heterocycles. The second-order valence-electron chi connectivity index (χ2n) is 5.72. The number of hydrogen-bond acceptors (Lipinski definition) is 2. The summed E-state index contributed by atoms with van der Waals surface area (Å²) in [6.07, 6.45) is 4.37. The second kappa shape index (κ2) is 7.24. The lowest BCUT2D eigenvalue weighted by atomic mass is 9.90. The average Bonchev–Trinajstić information content (AvgIpc) is 2.61. The molecule has 2 N–H and O–H groups in total. The van der Waals surface area contributed by atoms with Crippen molar-refractivity contribution < 1.29 is 9.59 Å². The monoisotopic (exact) mass is 362 g/mol. The van der Waals surface area contributed by atoms with Gasteiger partial charge in [0.15, 0.2) is 0 Å². The maximum Gasteiger partial charge on any atom is 0.271 e. The number of amides is 2. The van der Waals surface area contributed by atoms with Crippen LogP contribution < -0.4 is 10.9 Å². The number of benzene rings is 2. The summed E-state index contributed by atoms with van der Waals surface area (Å²) in [5.41, 5.74) is 8.00. The van der Waals surface area contributed by atoms with Crippen LogP contribution in [0.3, 0.4) is 0 Å². The van der Waals surface area contributed by atoms with Crippen LogP contribution in [0.2, 0.25) is 10.0 Å².